The highest BCUT2D eigenvalue weighted by molar-refractivity contribution is 7.89. The average Bonchev–Trinajstić information content (AvgIpc) is 2.62. The molecular weight excluding hydrogens is 289 g/mol. The van der Waals surface area contributed by atoms with Crippen molar-refractivity contribution in [3.63, 3.8) is 0 Å². The average molecular weight is 300 g/mol. The zero-order chi connectivity index (χ0) is 15.1. The predicted octanol–water partition coefficient (Wildman–Crippen LogP) is 0.709. The van der Waals surface area contributed by atoms with Gasteiger partial charge in [-0.2, -0.15) is 17.9 Å². The summed E-state index contributed by atoms with van der Waals surface area (Å²) in [5, 5.41) is 8.63. The second-order valence-corrected chi connectivity index (χ2v) is 5.73. The van der Waals surface area contributed by atoms with Gasteiger partial charge in [-0.05, 0) is 13.0 Å². The van der Waals surface area contributed by atoms with E-state index in [1.54, 1.807) is 0 Å². The molecule has 1 aromatic heterocycles. The molecule has 0 aliphatic carbocycles. The molecule has 0 aliphatic rings. The maximum Gasteiger partial charge on any atom is 0.418 e. The molecule has 0 saturated heterocycles. The molecule has 1 unspecified atom stereocenters. The summed E-state index contributed by atoms with van der Waals surface area (Å²) in [6, 6.07) is 1.06. The zero-order valence-corrected chi connectivity index (χ0v) is 10.7. The van der Waals surface area contributed by atoms with E-state index in [9.17, 15) is 26.4 Å². The number of sulfonamides is 1. The van der Waals surface area contributed by atoms with Gasteiger partial charge in [0.1, 0.15) is 0 Å². The zero-order valence-electron chi connectivity index (χ0n) is 9.89. The molecule has 0 bridgehead atoms. The SMILES string of the molecule is Cn1ccc(S(=O)(=O)NC(C)(C(=O)O)C(F)(F)F)c1. The van der Waals surface area contributed by atoms with E-state index < -0.39 is 32.6 Å². The Labute approximate surface area is 106 Å². The number of alkyl halides is 3. The van der Waals surface area contributed by atoms with Crippen LogP contribution in [0, 0.1) is 0 Å². The molecular formula is C9H11F3N2O4S. The van der Waals surface area contributed by atoms with E-state index in [4.69, 9.17) is 5.11 Å². The number of hydrogen-bond donors (Lipinski definition) is 2. The van der Waals surface area contributed by atoms with Crippen LogP contribution in [0.15, 0.2) is 23.4 Å². The van der Waals surface area contributed by atoms with Crippen molar-refractivity contribution in [3.05, 3.63) is 18.5 Å². The number of rotatable bonds is 4. The van der Waals surface area contributed by atoms with Crippen molar-refractivity contribution in [2.45, 2.75) is 23.5 Å². The standard InChI is InChI=1S/C9H11F3N2O4S/c1-8(7(15)16,9(10,11)12)13-19(17,18)6-3-4-14(2)5-6/h3-5,13H,1-2H3,(H,15,16). The first-order chi connectivity index (χ1) is 8.40. The van der Waals surface area contributed by atoms with Gasteiger partial charge in [-0.25, -0.2) is 13.2 Å². The van der Waals surface area contributed by atoms with Crippen LogP contribution in [-0.4, -0.2) is 35.8 Å². The third-order valence-electron chi connectivity index (χ3n) is 2.45. The molecule has 0 amide bonds. The number of carbonyl (C=O) groups is 1. The van der Waals surface area contributed by atoms with E-state index in [1.165, 1.54) is 22.5 Å². The quantitative estimate of drug-likeness (QED) is 0.857. The maximum atomic E-state index is 12.7. The highest BCUT2D eigenvalue weighted by Crippen LogP contribution is 2.31. The molecule has 0 aromatic carbocycles. The third kappa shape index (κ3) is 2.89. The van der Waals surface area contributed by atoms with Crippen LogP contribution in [0.5, 0.6) is 0 Å². The Bertz CT molecular complexity index is 593. The predicted molar refractivity (Wildman–Crippen MR) is 57.8 cm³/mol. The summed E-state index contributed by atoms with van der Waals surface area (Å²) in [6.45, 7) is 0.246. The first-order valence-corrected chi connectivity index (χ1v) is 6.34. The van der Waals surface area contributed by atoms with Crippen molar-refractivity contribution in [1.29, 1.82) is 0 Å². The van der Waals surface area contributed by atoms with Crippen LogP contribution in [-0.2, 0) is 21.9 Å². The van der Waals surface area contributed by atoms with Crippen molar-refractivity contribution < 1.29 is 31.5 Å². The number of halogens is 3. The Morgan fingerprint density at radius 2 is 1.95 bits per heavy atom. The monoisotopic (exact) mass is 300 g/mol. The van der Waals surface area contributed by atoms with Gasteiger partial charge in [0.15, 0.2) is 0 Å². The van der Waals surface area contributed by atoms with Crippen LogP contribution in [0.4, 0.5) is 13.2 Å². The lowest BCUT2D eigenvalue weighted by molar-refractivity contribution is -0.201. The molecule has 2 N–H and O–H groups in total. The molecule has 6 nitrogen and oxygen atoms in total. The van der Waals surface area contributed by atoms with Gasteiger partial charge in [-0.1, -0.05) is 0 Å². The normalized spacial score (nSPS) is 16.1. The minimum atomic E-state index is -5.28. The van der Waals surface area contributed by atoms with Gasteiger partial charge in [0, 0.05) is 19.4 Å². The van der Waals surface area contributed by atoms with Crippen molar-refractivity contribution in [3.8, 4) is 0 Å². The highest BCUT2D eigenvalue weighted by atomic mass is 32.2. The number of aromatic nitrogens is 1. The van der Waals surface area contributed by atoms with E-state index in [2.05, 4.69) is 0 Å². The van der Waals surface area contributed by atoms with Gasteiger partial charge >= 0.3 is 12.1 Å². The first kappa shape index (κ1) is 15.5. The molecule has 19 heavy (non-hydrogen) atoms. The van der Waals surface area contributed by atoms with Crippen molar-refractivity contribution in [1.82, 2.24) is 9.29 Å². The summed E-state index contributed by atoms with van der Waals surface area (Å²) in [4.78, 5) is 10.3. The van der Waals surface area contributed by atoms with Crippen molar-refractivity contribution >= 4 is 16.0 Å². The van der Waals surface area contributed by atoms with Crippen molar-refractivity contribution in [2.75, 3.05) is 0 Å². The van der Waals surface area contributed by atoms with Crippen LogP contribution in [0.25, 0.3) is 0 Å². The number of hydrogen-bond acceptors (Lipinski definition) is 3. The van der Waals surface area contributed by atoms with E-state index >= 15 is 0 Å². The van der Waals surface area contributed by atoms with Crippen LogP contribution in [0.3, 0.4) is 0 Å². The van der Waals surface area contributed by atoms with Crippen molar-refractivity contribution in [2.24, 2.45) is 7.05 Å². The Morgan fingerprint density at radius 3 is 2.26 bits per heavy atom. The Balaban J connectivity index is 3.22. The van der Waals surface area contributed by atoms with Crippen LogP contribution in [0.1, 0.15) is 6.92 Å². The lowest BCUT2D eigenvalue weighted by Gasteiger charge is -2.27. The summed E-state index contributed by atoms with van der Waals surface area (Å²) in [5.74, 6) is -2.33. The van der Waals surface area contributed by atoms with E-state index in [0.717, 1.165) is 12.3 Å². The van der Waals surface area contributed by atoms with Crippen LogP contribution in [0.2, 0.25) is 0 Å². The van der Waals surface area contributed by atoms with E-state index in [0.29, 0.717) is 0 Å². The third-order valence-corrected chi connectivity index (χ3v) is 3.99. The van der Waals surface area contributed by atoms with Crippen LogP contribution < -0.4 is 4.72 Å². The summed E-state index contributed by atoms with van der Waals surface area (Å²) >= 11 is 0. The molecule has 0 saturated carbocycles. The first-order valence-electron chi connectivity index (χ1n) is 4.86. The number of aliphatic carboxylic acids is 1. The number of carboxylic acid groups (broad SMARTS) is 1. The van der Waals surface area contributed by atoms with Gasteiger partial charge in [0.05, 0.1) is 4.90 Å². The maximum absolute atomic E-state index is 12.7. The Morgan fingerprint density at radius 1 is 1.42 bits per heavy atom. The summed E-state index contributed by atoms with van der Waals surface area (Å²) in [7, 11) is -3.13. The molecule has 1 atom stereocenters. The number of aryl methyl sites for hydroxylation is 1. The molecule has 1 rings (SSSR count). The number of nitrogens with zero attached hydrogens (tertiary/aromatic N) is 1. The molecule has 0 fully saturated rings. The van der Waals surface area contributed by atoms with Crippen LogP contribution >= 0.6 is 0 Å². The molecule has 108 valence electrons. The molecule has 1 aromatic rings. The fourth-order valence-corrected chi connectivity index (χ4v) is 2.59. The lowest BCUT2D eigenvalue weighted by atomic mass is 10.0. The summed E-state index contributed by atoms with van der Waals surface area (Å²) in [5.41, 5.74) is -3.60. The fraction of sp³-hybridized carbons (Fsp3) is 0.444. The van der Waals surface area contributed by atoms with E-state index in [1.807, 2.05) is 0 Å². The molecule has 0 aliphatic heterocycles. The molecule has 0 spiro atoms. The summed E-state index contributed by atoms with van der Waals surface area (Å²) < 4.78 is 64.0. The van der Waals surface area contributed by atoms with Gasteiger partial charge in [-0.3, -0.25) is 0 Å². The van der Waals surface area contributed by atoms with Gasteiger partial charge in [0.2, 0.25) is 15.6 Å². The van der Waals surface area contributed by atoms with Gasteiger partial charge in [-0.15, -0.1) is 0 Å². The summed E-state index contributed by atoms with van der Waals surface area (Å²) in [6.07, 6.45) is -2.91. The van der Waals surface area contributed by atoms with E-state index in [-0.39, 0.29) is 6.92 Å². The molecule has 10 heteroatoms. The minimum absolute atomic E-state index is 0.246. The topological polar surface area (TPSA) is 88.4 Å². The highest BCUT2D eigenvalue weighted by Gasteiger charge is 2.59. The Hall–Kier alpha value is -1.55. The second kappa shape index (κ2) is 4.53. The van der Waals surface area contributed by atoms with Gasteiger partial charge in [0.25, 0.3) is 0 Å². The molecule has 1 heterocycles. The molecule has 0 radical (unpaired) electrons. The Kier molecular flexibility index (Phi) is 3.70. The van der Waals surface area contributed by atoms with Gasteiger partial charge < -0.3 is 9.67 Å². The smallest absolute Gasteiger partial charge is 0.418 e. The second-order valence-electron chi connectivity index (χ2n) is 4.05. The number of carboxylic acids is 1. The largest absolute Gasteiger partial charge is 0.480 e. The number of nitrogens with one attached hydrogen (secondary N) is 1. The fourth-order valence-electron chi connectivity index (χ4n) is 1.19. The lowest BCUT2D eigenvalue weighted by Crippen LogP contribution is -2.61. The minimum Gasteiger partial charge on any atom is -0.480 e.